The van der Waals surface area contributed by atoms with Crippen molar-refractivity contribution in [2.45, 2.75) is 13.1 Å². The molecule has 19 heavy (non-hydrogen) atoms. The summed E-state index contributed by atoms with van der Waals surface area (Å²) in [6.45, 7) is 2.93. The standard InChI is InChI=1S/C15H15BrN2S/c16-13-4-3-12-5-7-18(15(12)10-13)8-6-17-11-14-2-1-9-19-14/h1-5,7,9-10,17H,6,8,11H2. The molecule has 3 aromatic rings. The Morgan fingerprint density at radius 3 is 3.00 bits per heavy atom. The Balaban J connectivity index is 1.60. The normalized spacial score (nSPS) is 11.2. The smallest absolute Gasteiger partial charge is 0.0492 e. The Bertz CT molecular complexity index is 658. The SMILES string of the molecule is Brc1ccc2ccn(CCNCc3cccs3)c2c1. The minimum absolute atomic E-state index is 0.959. The van der Waals surface area contributed by atoms with Crippen molar-refractivity contribution in [2.75, 3.05) is 6.54 Å². The number of hydrogen-bond acceptors (Lipinski definition) is 2. The van der Waals surface area contributed by atoms with Crippen molar-refractivity contribution in [2.24, 2.45) is 0 Å². The number of benzene rings is 1. The van der Waals surface area contributed by atoms with Gasteiger partial charge in [0.05, 0.1) is 0 Å². The maximum absolute atomic E-state index is 3.53. The molecule has 98 valence electrons. The molecule has 0 aliphatic carbocycles. The molecule has 0 bridgehead atoms. The van der Waals surface area contributed by atoms with E-state index in [1.807, 2.05) is 0 Å². The van der Waals surface area contributed by atoms with Gasteiger partial charge in [0.2, 0.25) is 0 Å². The van der Waals surface area contributed by atoms with Crippen LogP contribution in [0.3, 0.4) is 0 Å². The number of nitrogens with zero attached hydrogens (tertiary/aromatic N) is 1. The largest absolute Gasteiger partial charge is 0.346 e. The molecule has 0 aliphatic heterocycles. The van der Waals surface area contributed by atoms with Crippen LogP contribution >= 0.6 is 27.3 Å². The first kappa shape index (κ1) is 12.9. The van der Waals surface area contributed by atoms with E-state index in [1.165, 1.54) is 15.8 Å². The van der Waals surface area contributed by atoms with E-state index in [1.54, 1.807) is 11.3 Å². The summed E-state index contributed by atoms with van der Waals surface area (Å²) in [6.07, 6.45) is 2.16. The van der Waals surface area contributed by atoms with Gasteiger partial charge in [0.25, 0.3) is 0 Å². The van der Waals surface area contributed by atoms with Crippen LogP contribution in [0.2, 0.25) is 0 Å². The first-order valence-corrected chi connectivity index (χ1v) is 7.98. The van der Waals surface area contributed by atoms with Crippen molar-refractivity contribution in [1.82, 2.24) is 9.88 Å². The first-order valence-electron chi connectivity index (χ1n) is 6.30. The predicted octanol–water partition coefficient (Wildman–Crippen LogP) is 4.26. The van der Waals surface area contributed by atoms with Crippen molar-refractivity contribution < 1.29 is 0 Å². The quantitative estimate of drug-likeness (QED) is 0.690. The Labute approximate surface area is 125 Å². The highest BCUT2D eigenvalue weighted by molar-refractivity contribution is 9.10. The van der Waals surface area contributed by atoms with Crippen molar-refractivity contribution in [3.8, 4) is 0 Å². The molecule has 0 saturated carbocycles. The van der Waals surface area contributed by atoms with Crippen LogP contribution in [0.5, 0.6) is 0 Å². The lowest BCUT2D eigenvalue weighted by Crippen LogP contribution is -2.18. The van der Waals surface area contributed by atoms with E-state index in [2.05, 4.69) is 73.8 Å². The molecule has 2 aromatic heterocycles. The van der Waals surface area contributed by atoms with Crippen molar-refractivity contribution >= 4 is 38.2 Å². The fourth-order valence-electron chi connectivity index (χ4n) is 2.18. The summed E-state index contributed by atoms with van der Waals surface area (Å²) < 4.78 is 3.42. The van der Waals surface area contributed by atoms with Gasteiger partial charge in [-0.25, -0.2) is 0 Å². The van der Waals surface area contributed by atoms with Gasteiger partial charge >= 0.3 is 0 Å². The number of aromatic nitrogens is 1. The van der Waals surface area contributed by atoms with Crippen LogP contribution in [0.1, 0.15) is 4.88 Å². The third-order valence-electron chi connectivity index (χ3n) is 3.14. The molecule has 0 fully saturated rings. The lowest BCUT2D eigenvalue weighted by molar-refractivity contribution is 0.613. The van der Waals surface area contributed by atoms with Gasteiger partial charge in [-0.3, -0.25) is 0 Å². The van der Waals surface area contributed by atoms with Crippen LogP contribution in [0.15, 0.2) is 52.4 Å². The van der Waals surface area contributed by atoms with E-state index in [0.717, 1.165) is 24.1 Å². The maximum atomic E-state index is 3.53. The van der Waals surface area contributed by atoms with Gasteiger partial charge in [-0.2, -0.15) is 0 Å². The molecular weight excluding hydrogens is 320 g/mol. The van der Waals surface area contributed by atoms with Gasteiger partial charge in [0.15, 0.2) is 0 Å². The van der Waals surface area contributed by atoms with Gasteiger partial charge < -0.3 is 9.88 Å². The minimum Gasteiger partial charge on any atom is -0.346 e. The van der Waals surface area contributed by atoms with Crippen molar-refractivity contribution in [1.29, 1.82) is 0 Å². The second-order valence-electron chi connectivity index (χ2n) is 4.47. The highest BCUT2D eigenvalue weighted by atomic mass is 79.9. The van der Waals surface area contributed by atoms with E-state index in [-0.39, 0.29) is 0 Å². The van der Waals surface area contributed by atoms with Gasteiger partial charge in [0, 0.05) is 40.7 Å². The second-order valence-corrected chi connectivity index (χ2v) is 6.42. The average Bonchev–Trinajstić information content (AvgIpc) is 3.04. The maximum Gasteiger partial charge on any atom is 0.0492 e. The highest BCUT2D eigenvalue weighted by Gasteiger charge is 2.01. The first-order chi connectivity index (χ1) is 9.33. The zero-order chi connectivity index (χ0) is 13.1. The van der Waals surface area contributed by atoms with Gasteiger partial charge in [0.1, 0.15) is 0 Å². The molecule has 4 heteroatoms. The van der Waals surface area contributed by atoms with E-state index >= 15 is 0 Å². The third-order valence-corrected chi connectivity index (χ3v) is 4.51. The number of halogens is 1. The Morgan fingerprint density at radius 1 is 1.21 bits per heavy atom. The molecule has 0 amide bonds. The number of nitrogens with one attached hydrogen (secondary N) is 1. The van der Waals surface area contributed by atoms with Crippen molar-refractivity contribution in [3.63, 3.8) is 0 Å². The number of thiophene rings is 1. The molecule has 2 heterocycles. The van der Waals surface area contributed by atoms with Crippen LogP contribution in [-0.2, 0) is 13.1 Å². The Hall–Kier alpha value is -1.10. The lowest BCUT2D eigenvalue weighted by Gasteiger charge is -2.07. The highest BCUT2D eigenvalue weighted by Crippen LogP contribution is 2.20. The monoisotopic (exact) mass is 334 g/mol. The molecule has 1 aromatic carbocycles. The average molecular weight is 335 g/mol. The van der Waals surface area contributed by atoms with Crippen LogP contribution in [0.25, 0.3) is 10.9 Å². The zero-order valence-electron chi connectivity index (χ0n) is 10.5. The van der Waals surface area contributed by atoms with E-state index < -0.39 is 0 Å². The van der Waals surface area contributed by atoms with E-state index in [9.17, 15) is 0 Å². The lowest BCUT2D eigenvalue weighted by atomic mass is 10.2. The summed E-state index contributed by atoms with van der Waals surface area (Å²) >= 11 is 5.33. The van der Waals surface area contributed by atoms with Gasteiger partial charge in [-0.05, 0) is 35.0 Å². The number of hydrogen-bond donors (Lipinski definition) is 1. The zero-order valence-corrected chi connectivity index (χ0v) is 12.9. The summed E-state index contributed by atoms with van der Waals surface area (Å²) in [4.78, 5) is 1.39. The summed E-state index contributed by atoms with van der Waals surface area (Å²) in [5, 5.41) is 6.90. The molecule has 0 atom stereocenters. The predicted molar refractivity (Wildman–Crippen MR) is 85.7 cm³/mol. The topological polar surface area (TPSA) is 17.0 Å². The molecule has 1 N–H and O–H groups in total. The van der Waals surface area contributed by atoms with Crippen LogP contribution in [0.4, 0.5) is 0 Å². The molecular formula is C15H15BrN2S. The molecule has 0 aliphatic rings. The summed E-state index contributed by atoms with van der Waals surface area (Å²) in [7, 11) is 0. The molecule has 0 unspecified atom stereocenters. The van der Waals surface area contributed by atoms with Crippen molar-refractivity contribution in [3.05, 3.63) is 57.3 Å². The van der Waals surface area contributed by atoms with Crippen LogP contribution in [0, 0.1) is 0 Å². The number of fused-ring (bicyclic) bond motifs is 1. The molecule has 2 nitrogen and oxygen atoms in total. The second kappa shape index (κ2) is 5.90. The molecule has 0 radical (unpaired) electrons. The fourth-order valence-corrected chi connectivity index (χ4v) is 3.20. The molecule has 0 spiro atoms. The summed E-state index contributed by atoms with van der Waals surface area (Å²) in [5.74, 6) is 0. The van der Waals surface area contributed by atoms with E-state index in [0.29, 0.717) is 0 Å². The fraction of sp³-hybridized carbons (Fsp3) is 0.200. The Morgan fingerprint density at radius 2 is 2.16 bits per heavy atom. The van der Waals surface area contributed by atoms with Crippen LogP contribution < -0.4 is 5.32 Å². The molecule has 3 rings (SSSR count). The Kier molecular flexibility index (Phi) is 4.01. The van der Waals surface area contributed by atoms with Crippen LogP contribution in [-0.4, -0.2) is 11.1 Å². The minimum atomic E-state index is 0.959. The van der Waals surface area contributed by atoms with Gasteiger partial charge in [-0.1, -0.05) is 28.1 Å². The van der Waals surface area contributed by atoms with E-state index in [4.69, 9.17) is 0 Å². The third kappa shape index (κ3) is 3.08. The summed E-state index contributed by atoms with van der Waals surface area (Å²) in [6, 6.07) is 12.8. The van der Waals surface area contributed by atoms with Gasteiger partial charge in [-0.15, -0.1) is 11.3 Å². The molecule has 0 saturated heterocycles. The number of rotatable bonds is 5. The summed E-state index contributed by atoms with van der Waals surface area (Å²) in [5.41, 5.74) is 1.28.